The molecule has 0 saturated carbocycles. The number of rotatable bonds is 5. The van der Waals surface area contributed by atoms with Gasteiger partial charge < -0.3 is 9.80 Å². The number of anilines is 2. The van der Waals surface area contributed by atoms with Gasteiger partial charge in [0.1, 0.15) is 5.82 Å². The summed E-state index contributed by atoms with van der Waals surface area (Å²) in [6, 6.07) is 2.48. The minimum Gasteiger partial charge on any atom is -0.355 e. The molecule has 2 aromatic rings. The van der Waals surface area contributed by atoms with Gasteiger partial charge in [-0.25, -0.2) is 9.97 Å². The average molecular weight is 332 g/mol. The van der Waals surface area contributed by atoms with Gasteiger partial charge in [0.15, 0.2) is 0 Å². The summed E-state index contributed by atoms with van der Waals surface area (Å²) >= 11 is 1.76. The summed E-state index contributed by atoms with van der Waals surface area (Å²) in [4.78, 5) is 21.4. The van der Waals surface area contributed by atoms with E-state index in [2.05, 4.69) is 38.7 Å². The highest BCUT2D eigenvalue weighted by atomic mass is 32.1. The molecule has 0 radical (unpaired) electrons. The van der Waals surface area contributed by atoms with Crippen molar-refractivity contribution in [3.8, 4) is 0 Å². The van der Waals surface area contributed by atoms with Crippen LogP contribution in [0.15, 0.2) is 17.8 Å². The van der Waals surface area contributed by atoms with Crippen molar-refractivity contribution >= 4 is 23.1 Å². The third kappa shape index (κ3) is 3.61. The van der Waals surface area contributed by atoms with Crippen LogP contribution in [0.25, 0.3) is 0 Å². The lowest BCUT2D eigenvalue weighted by Crippen LogP contribution is -2.35. The molecule has 6 nitrogen and oxygen atoms in total. The number of likely N-dealkylation sites (N-methyl/N-ethyl adjacent to an activating group) is 1. The van der Waals surface area contributed by atoms with Gasteiger partial charge in [-0.15, -0.1) is 11.3 Å². The molecular weight excluding hydrogens is 308 g/mol. The lowest BCUT2D eigenvalue weighted by molar-refractivity contribution is 0.328. The fourth-order valence-electron chi connectivity index (χ4n) is 2.89. The highest BCUT2D eigenvalue weighted by Gasteiger charge is 2.27. The van der Waals surface area contributed by atoms with Gasteiger partial charge in [-0.2, -0.15) is 4.98 Å². The minimum atomic E-state index is 0.494. The number of aromatic nitrogens is 3. The Morgan fingerprint density at radius 3 is 2.83 bits per heavy atom. The Morgan fingerprint density at radius 1 is 1.30 bits per heavy atom. The predicted octanol–water partition coefficient (Wildman–Crippen LogP) is 2.02. The van der Waals surface area contributed by atoms with Crippen LogP contribution in [0.3, 0.4) is 0 Å². The van der Waals surface area contributed by atoms with E-state index in [1.807, 2.05) is 36.8 Å². The Morgan fingerprint density at radius 2 is 2.13 bits per heavy atom. The first kappa shape index (κ1) is 16.1. The number of hydrogen-bond donors (Lipinski definition) is 0. The van der Waals surface area contributed by atoms with Gasteiger partial charge in [0.2, 0.25) is 5.95 Å². The van der Waals surface area contributed by atoms with Gasteiger partial charge in [-0.3, -0.25) is 4.90 Å². The number of nitrogens with zero attached hydrogens (tertiary/aromatic N) is 6. The second-order valence-corrected chi connectivity index (χ2v) is 7.20. The second kappa shape index (κ2) is 6.80. The summed E-state index contributed by atoms with van der Waals surface area (Å²) in [6.07, 6.45) is 3.00. The standard InChI is InChI=1S/C16H24N6S/c1-12-14(23-11-18-12)10-22-8-6-13(9-22)21(4)15-5-7-17-16(19-15)20(2)3/h5,7,11,13H,6,8-10H2,1-4H3. The quantitative estimate of drug-likeness (QED) is 0.835. The van der Waals surface area contributed by atoms with E-state index in [9.17, 15) is 0 Å². The number of hydrogen-bond acceptors (Lipinski definition) is 7. The number of likely N-dealkylation sites (tertiary alicyclic amines) is 1. The first-order valence-electron chi connectivity index (χ1n) is 7.89. The van der Waals surface area contributed by atoms with Crippen molar-refractivity contribution in [3.05, 3.63) is 28.3 Å². The molecule has 3 rings (SSSR count). The largest absolute Gasteiger partial charge is 0.355 e. The van der Waals surface area contributed by atoms with Crippen LogP contribution in [0.2, 0.25) is 0 Å². The highest BCUT2D eigenvalue weighted by Crippen LogP contribution is 2.23. The lowest BCUT2D eigenvalue weighted by Gasteiger charge is -2.26. The molecule has 0 amide bonds. The molecule has 23 heavy (non-hydrogen) atoms. The Kier molecular flexibility index (Phi) is 4.77. The molecule has 1 saturated heterocycles. The molecule has 0 bridgehead atoms. The van der Waals surface area contributed by atoms with Gasteiger partial charge in [0.25, 0.3) is 0 Å². The van der Waals surface area contributed by atoms with Crippen molar-refractivity contribution in [3.63, 3.8) is 0 Å². The lowest BCUT2D eigenvalue weighted by atomic mass is 10.2. The van der Waals surface area contributed by atoms with Crippen molar-refractivity contribution in [2.45, 2.75) is 25.9 Å². The van der Waals surface area contributed by atoms with E-state index >= 15 is 0 Å². The molecule has 1 atom stereocenters. The topological polar surface area (TPSA) is 48.4 Å². The molecule has 124 valence electrons. The third-order valence-corrected chi connectivity index (χ3v) is 5.32. The Hall–Kier alpha value is -1.73. The SMILES string of the molecule is Cc1ncsc1CN1CCC(N(C)c2ccnc(N(C)C)n2)C1. The van der Waals surface area contributed by atoms with Crippen LogP contribution < -0.4 is 9.80 Å². The van der Waals surface area contributed by atoms with Gasteiger partial charge in [-0.1, -0.05) is 0 Å². The average Bonchev–Trinajstić information content (AvgIpc) is 3.17. The van der Waals surface area contributed by atoms with Crippen LogP contribution in [-0.2, 0) is 6.54 Å². The van der Waals surface area contributed by atoms with Crippen molar-refractivity contribution < 1.29 is 0 Å². The van der Waals surface area contributed by atoms with Crippen LogP contribution in [0, 0.1) is 6.92 Å². The Bertz CT molecular complexity index is 656. The maximum absolute atomic E-state index is 4.65. The Balaban J connectivity index is 1.64. The summed E-state index contributed by atoms with van der Waals surface area (Å²) < 4.78 is 0. The zero-order chi connectivity index (χ0) is 16.4. The highest BCUT2D eigenvalue weighted by molar-refractivity contribution is 7.09. The van der Waals surface area contributed by atoms with E-state index in [4.69, 9.17) is 0 Å². The van der Waals surface area contributed by atoms with Crippen molar-refractivity contribution in [2.75, 3.05) is 44.0 Å². The number of thiazole rings is 1. The first-order chi connectivity index (χ1) is 11.0. The fraction of sp³-hybridized carbons (Fsp3) is 0.562. The monoisotopic (exact) mass is 332 g/mol. The van der Waals surface area contributed by atoms with E-state index in [1.54, 1.807) is 11.3 Å². The maximum Gasteiger partial charge on any atom is 0.226 e. The Labute approximate surface area is 141 Å². The van der Waals surface area contributed by atoms with Crippen molar-refractivity contribution in [1.82, 2.24) is 19.9 Å². The molecule has 1 unspecified atom stereocenters. The molecule has 1 aliphatic heterocycles. The molecule has 0 aliphatic carbocycles. The third-order valence-electron chi connectivity index (χ3n) is 4.40. The van der Waals surface area contributed by atoms with Crippen molar-refractivity contribution in [2.24, 2.45) is 0 Å². The summed E-state index contributed by atoms with van der Waals surface area (Å²) in [6.45, 7) is 5.29. The molecule has 0 aromatic carbocycles. The minimum absolute atomic E-state index is 0.494. The van der Waals surface area contributed by atoms with Crippen LogP contribution in [0.4, 0.5) is 11.8 Å². The molecule has 0 N–H and O–H groups in total. The zero-order valence-corrected chi connectivity index (χ0v) is 15.0. The molecule has 1 aliphatic rings. The summed E-state index contributed by atoms with van der Waals surface area (Å²) in [5.74, 6) is 1.74. The maximum atomic E-state index is 4.65. The van der Waals surface area contributed by atoms with Crippen LogP contribution >= 0.6 is 11.3 Å². The normalized spacial score (nSPS) is 18.3. The number of aryl methyl sites for hydroxylation is 1. The van der Waals surface area contributed by atoms with Gasteiger partial charge in [0, 0.05) is 57.9 Å². The van der Waals surface area contributed by atoms with E-state index < -0.39 is 0 Å². The fourth-order valence-corrected chi connectivity index (χ4v) is 3.71. The smallest absolute Gasteiger partial charge is 0.226 e. The van der Waals surface area contributed by atoms with E-state index in [-0.39, 0.29) is 0 Å². The van der Waals surface area contributed by atoms with Crippen molar-refractivity contribution in [1.29, 1.82) is 0 Å². The second-order valence-electron chi connectivity index (χ2n) is 6.26. The summed E-state index contributed by atoms with van der Waals surface area (Å²) in [5, 5.41) is 0. The zero-order valence-electron chi connectivity index (χ0n) is 14.2. The molecular formula is C16H24N6S. The van der Waals surface area contributed by atoms with Gasteiger partial charge >= 0.3 is 0 Å². The molecule has 1 fully saturated rings. The summed E-state index contributed by atoms with van der Waals surface area (Å²) in [7, 11) is 6.06. The van der Waals surface area contributed by atoms with E-state index in [1.165, 1.54) is 10.6 Å². The predicted molar refractivity (Wildman–Crippen MR) is 95.3 cm³/mol. The molecule has 0 spiro atoms. The first-order valence-corrected chi connectivity index (χ1v) is 8.77. The summed E-state index contributed by atoms with van der Waals surface area (Å²) in [5.41, 5.74) is 3.10. The van der Waals surface area contributed by atoms with Crippen LogP contribution in [-0.4, -0.2) is 60.1 Å². The molecule has 2 aromatic heterocycles. The van der Waals surface area contributed by atoms with Crippen LogP contribution in [0.5, 0.6) is 0 Å². The molecule has 7 heteroatoms. The van der Waals surface area contributed by atoms with E-state index in [0.29, 0.717) is 6.04 Å². The molecule has 3 heterocycles. The van der Waals surface area contributed by atoms with Crippen LogP contribution in [0.1, 0.15) is 17.0 Å². The van der Waals surface area contributed by atoms with Gasteiger partial charge in [0.05, 0.1) is 11.2 Å². The van der Waals surface area contributed by atoms with E-state index in [0.717, 1.165) is 37.8 Å². The van der Waals surface area contributed by atoms with Gasteiger partial charge in [-0.05, 0) is 19.4 Å².